The largest absolute Gasteiger partial charge is 0.203 e. The van der Waals surface area contributed by atoms with E-state index in [1.165, 1.54) is 48.5 Å². The van der Waals surface area contributed by atoms with Gasteiger partial charge >= 0.3 is 0 Å². The second-order valence-corrected chi connectivity index (χ2v) is 13.5. The van der Waals surface area contributed by atoms with Crippen LogP contribution in [-0.2, 0) is 0 Å². The van der Waals surface area contributed by atoms with E-state index in [9.17, 15) is 56.2 Å². The van der Waals surface area contributed by atoms with E-state index >= 15 is 4.39 Å². The summed E-state index contributed by atoms with van der Waals surface area (Å²) in [4.78, 5) is 0. The molecule has 4 nitrogen and oxygen atoms in total. The molecule has 0 N–H and O–H groups in total. The first kappa shape index (κ1) is 37.3. The van der Waals surface area contributed by atoms with Crippen molar-refractivity contribution in [3.8, 4) is 79.9 Å². The van der Waals surface area contributed by atoms with Crippen LogP contribution in [0.15, 0.2) is 78.4 Å². The number of nitrogens with zero attached hydrogens (tertiary/aromatic N) is 4. The van der Waals surface area contributed by atoms with Crippen LogP contribution in [0.25, 0.3) is 61.2 Å². The molecule has 2 aliphatic rings. The normalized spacial score (nSPS) is 12.6. The smallest absolute Gasteiger partial charge is 0.200 e. The molecule has 1 fully saturated rings. The first-order valence-corrected chi connectivity index (χ1v) is 17.2. The number of hydrogen-bond acceptors (Lipinski definition) is 4. The van der Waals surface area contributed by atoms with Crippen molar-refractivity contribution in [3.05, 3.63) is 159 Å². The molecule has 58 heavy (non-hydrogen) atoms. The summed E-state index contributed by atoms with van der Waals surface area (Å²) >= 11 is 0. The average molecular weight is 785 g/mol. The Morgan fingerprint density at radius 3 is 1.17 bits per heavy atom. The first-order valence-electron chi connectivity index (χ1n) is 17.2. The van der Waals surface area contributed by atoms with Crippen molar-refractivity contribution >= 4 is 5.57 Å². The van der Waals surface area contributed by atoms with E-state index in [2.05, 4.69) is 6.07 Å². The Labute approximate surface area is 322 Å². The molecule has 0 amide bonds. The summed E-state index contributed by atoms with van der Waals surface area (Å²) in [7, 11) is 0. The van der Waals surface area contributed by atoms with E-state index in [0.717, 1.165) is 12.1 Å². The van der Waals surface area contributed by atoms with Crippen molar-refractivity contribution in [1.82, 2.24) is 0 Å². The number of rotatable bonds is 5. The molecule has 0 atom stereocenters. The topological polar surface area (TPSA) is 95.2 Å². The summed E-state index contributed by atoms with van der Waals surface area (Å²) in [6.45, 7) is 0. The molecule has 6 aromatic carbocycles. The number of hydrogen-bond donors (Lipinski definition) is 0. The molecule has 8 rings (SSSR count). The number of nitriles is 4. The fourth-order valence-corrected chi connectivity index (χ4v) is 7.45. The lowest BCUT2D eigenvalue weighted by atomic mass is 9.90. The van der Waals surface area contributed by atoms with Gasteiger partial charge in [-0.1, -0.05) is 48.5 Å². The van der Waals surface area contributed by atoms with Crippen LogP contribution in [0, 0.1) is 97.7 Å². The van der Waals surface area contributed by atoms with Crippen molar-refractivity contribution in [3.63, 3.8) is 0 Å². The molecule has 0 heterocycles. The molecule has 0 spiro atoms. The summed E-state index contributed by atoms with van der Waals surface area (Å²) < 4.78 is 130. The van der Waals surface area contributed by atoms with Crippen LogP contribution in [0.4, 0.5) is 39.5 Å². The third-order valence-electron chi connectivity index (χ3n) is 10.3. The number of halogens is 9. The van der Waals surface area contributed by atoms with Crippen molar-refractivity contribution in [1.29, 1.82) is 21.0 Å². The highest BCUT2D eigenvalue weighted by Gasteiger charge is 2.36. The van der Waals surface area contributed by atoms with Crippen molar-refractivity contribution < 1.29 is 39.5 Å². The molecule has 0 aromatic heterocycles. The Balaban J connectivity index is 1.27. The van der Waals surface area contributed by atoms with Gasteiger partial charge in [-0.3, -0.25) is 0 Å². The lowest BCUT2D eigenvalue weighted by Gasteiger charge is -2.15. The Morgan fingerprint density at radius 2 is 0.776 bits per heavy atom. The molecule has 1 saturated carbocycles. The van der Waals surface area contributed by atoms with Crippen LogP contribution in [-0.4, -0.2) is 0 Å². The lowest BCUT2D eigenvalue weighted by Crippen LogP contribution is -2.05. The summed E-state index contributed by atoms with van der Waals surface area (Å²) in [5.74, 6) is -17.9. The Kier molecular flexibility index (Phi) is 8.91. The summed E-state index contributed by atoms with van der Waals surface area (Å²) in [5, 5.41) is 40.4. The van der Waals surface area contributed by atoms with Gasteiger partial charge < -0.3 is 0 Å². The molecule has 0 radical (unpaired) electrons. The van der Waals surface area contributed by atoms with Gasteiger partial charge in [0.15, 0.2) is 46.5 Å². The van der Waals surface area contributed by atoms with E-state index in [0.29, 0.717) is 40.7 Å². The maximum absolute atomic E-state index is 15.2. The third-order valence-corrected chi connectivity index (χ3v) is 10.3. The molecule has 6 aromatic rings. The maximum atomic E-state index is 15.2. The zero-order chi connectivity index (χ0) is 41.3. The van der Waals surface area contributed by atoms with Gasteiger partial charge in [-0.05, 0) is 87.5 Å². The van der Waals surface area contributed by atoms with Gasteiger partial charge in [-0.2, -0.15) is 21.0 Å². The third kappa shape index (κ3) is 5.59. The SMILES string of the molecule is N#CC(C#N)=C1c2cc(C#N)c(-c3ccc(-c4c(F)c(F)c(F)c(F)c4F)cc3)cc2-c2cc(-c3ccc(-c4c(F)c(F)c(F)c(F)c4C4CC4)cc3)c(C#N)cc21. The Hall–Kier alpha value is -7.61. The van der Waals surface area contributed by atoms with Gasteiger partial charge in [-0.25, -0.2) is 39.5 Å². The molecular weight excluding hydrogens is 768 g/mol. The van der Waals surface area contributed by atoms with E-state index in [1.54, 1.807) is 12.1 Å². The first-order chi connectivity index (χ1) is 27.8. The number of benzene rings is 6. The number of fused-ring (bicyclic) bond motifs is 3. The molecule has 13 heteroatoms. The van der Waals surface area contributed by atoms with Gasteiger partial charge in [0, 0.05) is 27.8 Å². The molecular formula is C45H17F9N4. The molecule has 0 bridgehead atoms. The van der Waals surface area contributed by atoms with Crippen LogP contribution >= 0.6 is 0 Å². The van der Waals surface area contributed by atoms with Crippen LogP contribution < -0.4 is 0 Å². The fraction of sp³-hybridized carbons (Fsp3) is 0.0667. The minimum atomic E-state index is -2.31. The quantitative estimate of drug-likeness (QED) is 0.0751. The van der Waals surface area contributed by atoms with E-state index in [-0.39, 0.29) is 55.7 Å². The van der Waals surface area contributed by atoms with Crippen molar-refractivity contribution in [2.24, 2.45) is 0 Å². The fourth-order valence-electron chi connectivity index (χ4n) is 7.45. The highest BCUT2D eigenvalue weighted by molar-refractivity contribution is 6.07. The Morgan fingerprint density at radius 1 is 0.414 bits per heavy atom. The second kappa shape index (κ2) is 13.8. The van der Waals surface area contributed by atoms with Gasteiger partial charge in [-0.15, -0.1) is 0 Å². The minimum absolute atomic E-state index is 0.0195. The predicted molar refractivity (Wildman–Crippen MR) is 192 cm³/mol. The summed E-state index contributed by atoms with van der Waals surface area (Å²) in [6, 6.07) is 24.4. The second-order valence-electron chi connectivity index (χ2n) is 13.5. The number of allylic oxidation sites excluding steroid dienone is 1. The summed E-state index contributed by atoms with van der Waals surface area (Å²) in [6.07, 6.45) is 0.928. The Bertz CT molecular complexity index is 2980. The van der Waals surface area contributed by atoms with E-state index in [1.807, 2.05) is 18.2 Å². The van der Waals surface area contributed by atoms with E-state index < -0.39 is 69.4 Å². The average Bonchev–Trinajstić information content (AvgIpc) is 4.05. The van der Waals surface area contributed by atoms with Crippen LogP contribution in [0.1, 0.15) is 46.6 Å². The maximum Gasteiger partial charge on any atom is 0.200 e. The monoisotopic (exact) mass is 784 g/mol. The molecule has 0 saturated heterocycles. The molecule has 0 unspecified atom stereocenters. The zero-order valence-electron chi connectivity index (χ0n) is 29.1. The highest BCUT2D eigenvalue weighted by Crippen LogP contribution is 2.51. The van der Waals surface area contributed by atoms with Crippen LogP contribution in [0.3, 0.4) is 0 Å². The molecule has 0 aliphatic heterocycles. The van der Waals surface area contributed by atoms with Crippen LogP contribution in [0.5, 0.6) is 0 Å². The molecule has 280 valence electrons. The van der Waals surface area contributed by atoms with Gasteiger partial charge in [0.05, 0.1) is 28.8 Å². The van der Waals surface area contributed by atoms with Crippen LogP contribution in [0.2, 0.25) is 0 Å². The van der Waals surface area contributed by atoms with Crippen molar-refractivity contribution in [2.75, 3.05) is 0 Å². The van der Waals surface area contributed by atoms with E-state index in [4.69, 9.17) is 0 Å². The summed E-state index contributed by atoms with van der Waals surface area (Å²) in [5.41, 5.74) is 0.359. The highest BCUT2D eigenvalue weighted by atomic mass is 19.2. The van der Waals surface area contributed by atoms with Crippen molar-refractivity contribution in [2.45, 2.75) is 18.8 Å². The predicted octanol–water partition coefficient (Wildman–Crippen LogP) is 12.1. The lowest BCUT2D eigenvalue weighted by molar-refractivity contribution is 0.381. The minimum Gasteiger partial charge on any atom is -0.203 e. The van der Waals surface area contributed by atoms with Gasteiger partial charge in [0.1, 0.15) is 17.7 Å². The standard InChI is InChI=1S/C45H17F9N4/c46-37-34(35(22-9-10-22)38(47)42(51)41(37)50)21-5-1-19(2-6-21)27-13-29-30-14-28(20-3-7-23(8-4-20)36-39(48)43(52)45(54)44(53)40(36)49)25(16-56)12-32(30)33(26(17-57)18-58)31(29)11-24(27)15-55/h1-8,11-14,22H,9-10H2. The van der Waals surface area contributed by atoms with Gasteiger partial charge in [0.2, 0.25) is 5.82 Å². The molecule has 2 aliphatic carbocycles. The zero-order valence-corrected chi connectivity index (χ0v) is 29.1. The van der Waals surface area contributed by atoms with Gasteiger partial charge in [0.25, 0.3) is 0 Å².